The SMILES string of the molecule is CCc1noc(C)c1C(=O)N[C@@H](C)c1cc(C)ccc1C. The summed E-state index contributed by atoms with van der Waals surface area (Å²) >= 11 is 0. The quantitative estimate of drug-likeness (QED) is 0.933. The molecule has 1 heterocycles. The van der Waals surface area contributed by atoms with Crippen LogP contribution in [-0.2, 0) is 6.42 Å². The fourth-order valence-electron chi connectivity index (χ4n) is 2.52. The number of aromatic nitrogens is 1. The Balaban J connectivity index is 2.23. The average Bonchev–Trinajstić information content (AvgIpc) is 2.82. The van der Waals surface area contributed by atoms with Gasteiger partial charge in [-0.2, -0.15) is 0 Å². The summed E-state index contributed by atoms with van der Waals surface area (Å²) in [5.74, 6) is 0.441. The van der Waals surface area contributed by atoms with Crippen LogP contribution in [0.3, 0.4) is 0 Å². The van der Waals surface area contributed by atoms with Crippen molar-refractivity contribution in [1.82, 2.24) is 10.5 Å². The highest BCUT2D eigenvalue weighted by atomic mass is 16.5. The minimum Gasteiger partial charge on any atom is -0.361 e. The summed E-state index contributed by atoms with van der Waals surface area (Å²) in [6.45, 7) is 9.83. The maximum absolute atomic E-state index is 12.5. The molecule has 21 heavy (non-hydrogen) atoms. The summed E-state index contributed by atoms with van der Waals surface area (Å²) in [7, 11) is 0. The predicted molar refractivity (Wildman–Crippen MR) is 82.4 cm³/mol. The fourth-order valence-corrected chi connectivity index (χ4v) is 2.52. The monoisotopic (exact) mass is 286 g/mol. The van der Waals surface area contributed by atoms with Gasteiger partial charge in [0.1, 0.15) is 11.3 Å². The second-order valence-corrected chi connectivity index (χ2v) is 5.47. The molecule has 1 aromatic heterocycles. The molecule has 0 fully saturated rings. The Morgan fingerprint density at radius 3 is 2.71 bits per heavy atom. The Morgan fingerprint density at radius 1 is 1.33 bits per heavy atom. The molecule has 0 aliphatic heterocycles. The van der Waals surface area contributed by atoms with Gasteiger partial charge in [-0.3, -0.25) is 4.79 Å². The lowest BCUT2D eigenvalue weighted by molar-refractivity contribution is 0.0937. The average molecular weight is 286 g/mol. The van der Waals surface area contributed by atoms with Crippen molar-refractivity contribution in [2.75, 3.05) is 0 Å². The molecule has 0 spiro atoms. The van der Waals surface area contributed by atoms with Crippen LogP contribution in [-0.4, -0.2) is 11.1 Å². The largest absolute Gasteiger partial charge is 0.361 e. The molecule has 2 rings (SSSR count). The van der Waals surface area contributed by atoms with Crippen LogP contribution in [0.15, 0.2) is 22.7 Å². The third-order valence-electron chi connectivity index (χ3n) is 3.74. The lowest BCUT2D eigenvalue weighted by Crippen LogP contribution is -2.28. The van der Waals surface area contributed by atoms with Gasteiger partial charge in [0.05, 0.1) is 11.7 Å². The number of nitrogens with one attached hydrogen (secondary N) is 1. The molecule has 0 aliphatic carbocycles. The van der Waals surface area contributed by atoms with Crippen molar-refractivity contribution in [3.05, 3.63) is 51.9 Å². The number of aryl methyl sites for hydroxylation is 4. The molecule has 1 N–H and O–H groups in total. The van der Waals surface area contributed by atoms with E-state index in [1.807, 2.05) is 13.8 Å². The van der Waals surface area contributed by atoms with Crippen LogP contribution in [0.2, 0.25) is 0 Å². The van der Waals surface area contributed by atoms with Gasteiger partial charge in [0, 0.05) is 0 Å². The predicted octanol–water partition coefficient (Wildman–Crippen LogP) is 3.65. The molecule has 0 radical (unpaired) electrons. The number of benzene rings is 1. The molecular formula is C17H22N2O2. The van der Waals surface area contributed by atoms with Gasteiger partial charge in [-0.05, 0) is 45.2 Å². The lowest BCUT2D eigenvalue weighted by Gasteiger charge is -2.17. The van der Waals surface area contributed by atoms with Crippen molar-refractivity contribution in [2.24, 2.45) is 0 Å². The van der Waals surface area contributed by atoms with Crippen LogP contribution in [0.4, 0.5) is 0 Å². The van der Waals surface area contributed by atoms with E-state index in [-0.39, 0.29) is 11.9 Å². The Hall–Kier alpha value is -2.10. The van der Waals surface area contributed by atoms with Gasteiger partial charge in [0.25, 0.3) is 5.91 Å². The number of carbonyl (C=O) groups excluding carboxylic acids is 1. The van der Waals surface area contributed by atoms with Crippen LogP contribution in [0.25, 0.3) is 0 Å². The van der Waals surface area contributed by atoms with E-state index < -0.39 is 0 Å². The van der Waals surface area contributed by atoms with Gasteiger partial charge in [-0.25, -0.2) is 0 Å². The van der Waals surface area contributed by atoms with E-state index in [2.05, 4.69) is 42.5 Å². The van der Waals surface area contributed by atoms with Crippen LogP contribution in [0, 0.1) is 20.8 Å². The van der Waals surface area contributed by atoms with Gasteiger partial charge in [0.15, 0.2) is 0 Å². The third kappa shape index (κ3) is 3.15. The number of rotatable bonds is 4. The Kier molecular flexibility index (Phi) is 4.46. The first-order valence-corrected chi connectivity index (χ1v) is 7.27. The molecule has 4 nitrogen and oxygen atoms in total. The Bertz CT molecular complexity index is 659. The van der Waals surface area contributed by atoms with Crippen molar-refractivity contribution in [1.29, 1.82) is 0 Å². The van der Waals surface area contributed by atoms with Crippen molar-refractivity contribution in [3.63, 3.8) is 0 Å². The number of carbonyl (C=O) groups is 1. The maximum atomic E-state index is 12.5. The van der Waals surface area contributed by atoms with E-state index >= 15 is 0 Å². The first kappa shape index (κ1) is 15.3. The van der Waals surface area contributed by atoms with E-state index in [4.69, 9.17) is 4.52 Å². The van der Waals surface area contributed by atoms with Crippen LogP contribution in [0.1, 0.15) is 58.4 Å². The zero-order chi connectivity index (χ0) is 15.6. The summed E-state index contributed by atoms with van der Waals surface area (Å²) in [5, 5.41) is 6.97. The van der Waals surface area contributed by atoms with Crippen molar-refractivity contribution >= 4 is 5.91 Å². The van der Waals surface area contributed by atoms with Gasteiger partial charge >= 0.3 is 0 Å². The van der Waals surface area contributed by atoms with Crippen LogP contribution in [0.5, 0.6) is 0 Å². The molecule has 4 heteroatoms. The first-order valence-electron chi connectivity index (χ1n) is 7.27. The van der Waals surface area contributed by atoms with E-state index in [1.165, 1.54) is 11.1 Å². The summed E-state index contributed by atoms with van der Waals surface area (Å²) in [5.41, 5.74) is 4.77. The number of amides is 1. The molecule has 0 saturated carbocycles. The topological polar surface area (TPSA) is 55.1 Å². The molecule has 1 atom stereocenters. The van der Waals surface area contributed by atoms with Crippen molar-refractivity contribution in [2.45, 2.75) is 47.1 Å². The molecule has 0 bridgehead atoms. The van der Waals surface area contributed by atoms with E-state index in [0.29, 0.717) is 23.4 Å². The maximum Gasteiger partial charge on any atom is 0.257 e. The zero-order valence-electron chi connectivity index (χ0n) is 13.3. The normalized spacial score (nSPS) is 12.2. The molecule has 2 aromatic rings. The standard InChI is InChI=1S/C17H22N2O2/c1-6-15-16(13(5)21-19-15)17(20)18-12(4)14-9-10(2)7-8-11(14)3/h7-9,12H,6H2,1-5H3,(H,18,20)/t12-/m0/s1. The van der Waals surface area contributed by atoms with E-state index in [9.17, 15) is 4.79 Å². The molecule has 1 aromatic carbocycles. The minimum atomic E-state index is -0.126. The summed E-state index contributed by atoms with van der Waals surface area (Å²) in [6, 6.07) is 6.21. The minimum absolute atomic E-state index is 0.0589. The number of nitrogens with zero attached hydrogens (tertiary/aromatic N) is 1. The third-order valence-corrected chi connectivity index (χ3v) is 3.74. The number of hydrogen-bond acceptors (Lipinski definition) is 3. The molecule has 0 unspecified atom stereocenters. The van der Waals surface area contributed by atoms with Crippen LogP contribution < -0.4 is 5.32 Å². The van der Waals surface area contributed by atoms with Gasteiger partial charge < -0.3 is 9.84 Å². The van der Waals surface area contributed by atoms with E-state index in [0.717, 1.165) is 5.56 Å². The van der Waals surface area contributed by atoms with Crippen molar-refractivity contribution < 1.29 is 9.32 Å². The first-order chi connectivity index (χ1) is 9.93. The Labute approximate surface area is 125 Å². The highest BCUT2D eigenvalue weighted by Crippen LogP contribution is 2.21. The second-order valence-electron chi connectivity index (χ2n) is 5.47. The van der Waals surface area contributed by atoms with Crippen LogP contribution >= 0.6 is 0 Å². The summed E-state index contributed by atoms with van der Waals surface area (Å²) in [4.78, 5) is 12.5. The number of hydrogen-bond donors (Lipinski definition) is 1. The molecule has 0 saturated heterocycles. The van der Waals surface area contributed by atoms with Gasteiger partial charge in [-0.15, -0.1) is 0 Å². The fraction of sp³-hybridized carbons (Fsp3) is 0.412. The smallest absolute Gasteiger partial charge is 0.257 e. The summed E-state index contributed by atoms with van der Waals surface area (Å²) < 4.78 is 5.13. The van der Waals surface area contributed by atoms with Crippen molar-refractivity contribution in [3.8, 4) is 0 Å². The Morgan fingerprint density at radius 2 is 2.05 bits per heavy atom. The van der Waals surface area contributed by atoms with Gasteiger partial charge in [0.2, 0.25) is 0 Å². The summed E-state index contributed by atoms with van der Waals surface area (Å²) in [6.07, 6.45) is 0.679. The van der Waals surface area contributed by atoms with E-state index in [1.54, 1.807) is 6.92 Å². The highest BCUT2D eigenvalue weighted by molar-refractivity contribution is 5.96. The van der Waals surface area contributed by atoms with Gasteiger partial charge in [-0.1, -0.05) is 35.8 Å². The molecule has 0 aliphatic rings. The highest BCUT2D eigenvalue weighted by Gasteiger charge is 2.21. The molecule has 1 amide bonds. The molecular weight excluding hydrogens is 264 g/mol. The molecule has 112 valence electrons. The lowest BCUT2D eigenvalue weighted by atomic mass is 9.99. The second kappa shape index (κ2) is 6.12. The zero-order valence-corrected chi connectivity index (χ0v) is 13.3.